The third kappa shape index (κ3) is 5.84. The lowest BCUT2D eigenvalue weighted by atomic mass is 10.1. The van der Waals surface area contributed by atoms with Crippen LogP contribution in [-0.4, -0.2) is 10.7 Å². The molecule has 0 aromatic rings. The van der Waals surface area contributed by atoms with Gasteiger partial charge >= 0.3 is 0 Å². The summed E-state index contributed by atoms with van der Waals surface area (Å²) in [6, 6.07) is 0. The molecule has 2 unspecified atom stereocenters. The van der Waals surface area contributed by atoms with Crippen LogP contribution < -0.4 is 0 Å². The fraction of sp³-hybridized carbons (Fsp3) is 0.769. The highest BCUT2D eigenvalue weighted by Gasteiger charge is 2.19. The summed E-state index contributed by atoms with van der Waals surface area (Å²) in [6.07, 6.45) is 15.8. The summed E-state index contributed by atoms with van der Waals surface area (Å²) in [6.45, 7) is 2.28. The van der Waals surface area contributed by atoms with E-state index in [0.29, 0.717) is 4.90 Å². The van der Waals surface area contributed by atoms with E-state index < -0.39 is 0 Å². The van der Waals surface area contributed by atoms with Gasteiger partial charge in [0.05, 0.1) is 0 Å². The Morgan fingerprint density at radius 3 is 2.33 bits per heavy atom. The Bertz CT molecular complexity index is 207. The minimum Gasteiger partial charge on any atom is -0.118 e. The zero-order valence-corrected chi connectivity index (χ0v) is 12.0. The first-order chi connectivity index (χ1) is 7.27. The third-order valence-corrected chi connectivity index (χ3v) is 5.07. The molecule has 0 amide bonds. The molecular formula is C13H24P2. The highest BCUT2D eigenvalue weighted by molar-refractivity contribution is 7.53. The monoisotopic (exact) mass is 242 g/mol. The van der Waals surface area contributed by atoms with E-state index >= 15 is 0 Å². The van der Waals surface area contributed by atoms with Gasteiger partial charge in [-0.25, -0.2) is 0 Å². The lowest BCUT2D eigenvalue weighted by Gasteiger charge is -2.17. The Kier molecular flexibility index (Phi) is 6.78. The first-order valence-electron chi connectivity index (χ1n) is 6.29. The average Bonchev–Trinajstić information content (AvgIpc) is 2.64. The molecule has 0 spiro atoms. The van der Waals surface area contributed by atoms with Crippen LogP contribution in [0.3, 0.4) is 0 Å². The van der Waals surface area contributed by atoms with E-state index in [9.17, 15) is 0 Å². The molecule has 1 aliphatic rings. The number of unbranched alkanes of at least 4 members (excludes halogenated alkanes) is 6. The summed E-state index contributed by atoms with van der Waals surface area (Å²) >= 11 is 0. The lowest BCUT2D eigenvalue weighted by Crippen LogP contribution is -2.05. The van der Waals surface area contributed by atoms with Gasteiger partial charge in [0, 0.05) is 4.90 Å². The number of hydrogen-bond acceptors (Lipinski definition) is 0. The van der Waals surface area contributed by atoms with Crippen LogP contribution >= 0.6 is 17.4 Å². The highest BCUT2D eigenvalue weighted by Crippen LogP contribution is 2.40. The smallest absolute Gasteiger partial charge is 0.0444 e. The van der Waals surface area contributed by atoms with Gasteiger partial charge in [-0.05, 0) is 12.2 Å². The predicted octanol–water partition coefficient (Wildman–Crippen LogP) is 5.02. The fourth-order valence-corrected chi connectivity index (χ4v) is 3.43. The molecule has 0 aromatic heterocycles. The minimum absolute atomic E-state index is 0.392. The third-order valence-electron chi connectivity index (χ3n) is 2.97. The highest BCUT2D eigenvalue weighted by atomic mass is 31.1. The summed E-state index contributed by atoms with van der Waals surface area (Å²) in [5, 5.41) is 0. The molecule has 0 N–H and O–H groups in total. The van der Waals surface area contributed by atoms with Crippen LogP contribution in [0.5, 0.6) is 0 Å². The summed E-state index contributed by atoms with van der Waals surface area (Å²) in [7, 11) is 4.48. The van der Waals surface area contributed by atoms with Crippen LogP contribution in [0.1, 0.15) is 58.3 Å². The summed E-state index contributed by atoms with van der Waals surface area (Å²) in [5.41, 5.74) is 0. The summed E-state index contributed by atoms with van der Waals surface area (Å²) in [5.74, 6) is 2.26. The van der Waals surface area contributed by atoms with E-state index in [-0.39, 0.29) is 0 Å². The normalized spacial score (nSPS) is 24.9. The minimum atomic E-state index is 0.392. The van der Waals surface area contributed by atoms with Crippen molar-refractivity contribution in [3.8, 4) is 0 Å². The molecule has 1 rings (SSSR count). The molecule has 86 valence electrons. The van der Waals surface area contributed by atoms with Crippen LogP contribution in [0.2, 0.25) is 0 Å². The molecule has 2 heteroatoms. The van der Waals surface area contributed by atoms with Gasteiger partial charge < -0.3 is 0 Å². The quantitative estimate of drug-likeness (QED) is 0.414. The van der Waals surface area contributed by atoms with Crippen LogP contribution in [-0.2, 0) is 0 Å². The predicted molar refractivity (Wildman–Crippen MR) is 77.2 cm³/mol. The molecule has 0 bridgehead atoms. The first-order valence-corrected chi connectivity index (χ1v) is 7.83. The fourth-order valence-electron chi connectivity index (χ4n) is 1.95. The largest absolute Gasteiger partial charge is 0.118 e. The zero-order chi connectivity index (χ0) is 11.0. The maximum atomic E-state index is 3.02. The maximum Gasteiger partial charge on any atom is 0.0444 e. The summed E-state index contributed by atoms with van der Waals surface area (Å²) in [4.78, 5) is 0.392. The lowest BCUT2D eigenvalue weighted by molar-refractivity contribution is 0.575. The molecule has 0 aromatic carbocycles. The zero-order valence-electron chi connectivity index (χ0n) is 9.91. The Labute approximate surface area is 98.9 Å². The molecule has 15 heavy (non-hydrogen) atoms. The van der Waals surface area contributed by atoms with E-state index in [1.54, 1.807) is 0 Å². The molecule has 0 radical (unpaired) electrons. The van der Waals surface area contributed by atoms with E-state index in [2.05, 4.69) is 34.1 Å². The van der Waals surface area contributed by atoms with Crippen molar-refractivity contribution in [1.82, 2.24) is 0 Å². The van der Waals surface area contributed by atoms with Crippen LogP contribution in [0.25, 0.3) is 0 Å². The Morgan fingerprint density at radius 1 is 1.07 bits per heavy atom. The molecule has 1 heterocycles. The first kappa shape index (κ1) is 13.4. The number of hydrogen-bond donors (Lipinski definition) is 0. The van der Waals surface area contributed by atoms with E-state index in [1.807, 2.05) is 0 Å². The number of allylic oxidation sites excluding steroid dienone is 2. The number of rotatable bonds is 8. The molecule has 0 saturated carbocycles. The van der Waals surface area contributed by atoms with Gasteiger partial charge in [0.25, 0.3) is 0 Å². The molecule has 0 nitrogen and oxygen atoms in total. The van der Waals surface area contributed by atoms with E-state index in [4.69, 9.17) is 0 Å². The molecule has 0 saturated heterocycles. The van der Waals surface area contributed by atoms with Crippen molar-refractivity contribution >= 4 is 23.2 Å². The van der Waals surface area contributed by atoms with Crippen molar-refractivity contribution in [3.63, 3.8) is 0 Å². The molecule has 0 fully saturated rings. The summed E-state index contributed by atoms with van der Waals surface area (Å²) < 4.78 is 0. The standard InChI is InChI=1S/C13H24P2/c1-2-3-4-5-6-7-8-10-13(14)11-9-12-15-13/h9,11-12H,2-8,10,14H2,1H3. The van der Waals surface area contributed by atoms with Crippen molar-refractivity contribution < 1.29 is 0 Å². The van der Waals surface area contributed by atoms with E-state index in [1.165, 1.54) is 59.6 Å². The second-order valence-electron chi connectivity index (χ2n) is 4.50. The van der Waals surface area contributed by atoms with Gasteiger partial charge in [0.15, 0.2) is 0 Å². The topological polar surface area (TPSA) is 0 Å². The SMILES string of the molecule is CCCCCCCCCC1(P)C=CC=P1. The van der Waals surface area contributed by atoms with Gasteiger partial charge in [-0.3, -0.25) is 0 Å². The molecular weight excluding hydrogens is 218 g/mol. The molecule has 2 atom stereocenters. The van der Waals surface area contributed by atoms with Gasteiger partial charge in [0.2, 0.25) is 0 Å². The average molecular weight is 242 g/mol. The molecule has 1 aliphatic heterocycles. The van der Waals surface area contributed by atoms with Crippen molar-refractivity contribution in [2.24, 2.45) is 0 Å². The second kappa shape index (κ2) is 7.59. The van der Waals surface area contributed by atoms with Crippen molar-refractivity contribution in [2.45, 2.75) is 63.2 Å². The Morgan fingerprint density at radius 2 is 1.73 bits per heavy atom. The maximum absolute atomic E-state index is 3.02. The van der Waals surface area contributed by atoms with Gasteiger partial charge in [-0.1, -0.05) is 72.2 Å². The Hall–Kier alpha value is 0.340. The van der Waals surface area contributed by atoms with Crippen molar-refractivity contribution in [1.29, 1.82) is 0 Å². The van der Waals surface area contributed by atoms with Crippen LogP contribution in [0.15, 0.2) is 12.2 Å². The Balaban J connectivity index is 1.93. The molecule has 0 aliphatic carbocycles. The van der Waals surface area contributed by atoms with Crippen molar-refractivity contribution in [2.75, 3.05) is 0 Å². The van der Waals surface area contributed by atoms with Crippen LogP contribution in [0, 0.1) is 0 Å². The van der Waals surface area contributed by atoms with Gasteiger partial charge in [0.1, 0.15) is 0 Å². The van der Waals surface area contributed by atoms with Gasteiger partial charge in [-0.15, -0.1) is 9.24 Å². The van der Waals surface area contributed by atoms with E-state index in [0.717, 1.165) is 0 Å². The van der Waals surface area contributed by atoms with Crippen LogP contribution in [0.4, 0.5) is 0 Å². The van der Waals surface area contributed by atoms with Crippen molar-refractivity contribution in [3.05, 3.63) is 12.2 Å². The second-order valence-corrected chi connectivity index (χ2v) is 7.40. The van der Waals surface area contributed by atoms with Gasteiger partial charge in [-0.2, -0.15) is 0 Å².